The first kappa shape index (κ1) is 22.3. The van der Waals surface area contributed by atoms with E-state index >= 15 is 0 Å². The molecule has 1 aromatic heterocycles. The minimum Gasteiger partial charge on any atom is -0.488 e. The van der Waals surface area contributed by atoms with Crippen LogP contribution in [-0.2, 0) is 17.0 Å². The molecule has 1 aliphatic heterocycles. The number of likely N-dealkylation sites (tertiary alicyclic amines) is 1. The number of aryl methyl sites for hydroxylation is 1. The molecule has 1 amide bonds. The number of carbonyl (C=O) groups excluding carboxylic acids is 1. The summed E-state index contributed by atoms with van der Waals surface area (Å²) in [6.07, 6.45) is 8.89. The standard InChI is InChI=1S/C25H34N2O3S/c1-19-22(18-30-21-11-6-3-7-12-21)31-24(26-19)25(29)13-8-15-27(16-14-25)23(28)17-20-9-4-2-5-10-20/h3,6-7,11-12,20,29H,2,4-5,8-10,13-18H2,1H3/t25-/m0/s1. The first-order valence-electron chi connectivity index (χ1n) is 11.7. The van der Waals surface area contributed by atoms with Crippen LogP contribution in [0.2, 0.25) is 0 Å². The number of aromatic nitrogens is 1. The third-order valence-corrected chi connectivity index (χ3v) is 8.08. The zero-order valence-corrected chi connectivity index (χ0v) is 19.3. The zero-order chi connectivity index (χ0) is 21.7. The Bertz CT molecular complexity index is 863. The maximum absolute atomic E-state index is 12.9. The predicted octanol–water partition coefficient (Wildman–Crippen LogP) is 5.20. The van der Waals surface area contributed by atoms with Crippen LogP contribution in [0.4, 0.5) is 0 Å². The van der Waals surface area contributed by atoms with Gasteiger partial charge in [-0.3, -0.25) is 4.79 Å². The fourth-order valence-corrected chi connectivity index (χ4v) is 5.90. The second-order valence-corrected chi connectivity index (χ2v) is 10.2. The SMILES string of the molecule is Cc1nc([C@]2(O)CCCN(C(=O)CC3CCCCC3)CC2)sc1COc1ccccc1. The van der Waals surface area contributed by atoms with Gasteiger partial charge in [0, 0.05) is 25.9 Å². The molecule has 1 N–H and O–H groups in total. The monoisotopic (exact) mass is 442 g/mol. The molecule has 31 heavy (non-hydrogen) atoms. The molecule has 6 heteroatoms. The van der Waals surface area contributed by atoms with Crippen molar-refractivity contribution in [2.75, 3.05) is 13.1 Å². The van der Waals surface area contributed by atoms with Crippen LogP contribution in [0.5, 0.6) is 5.75 Å². The van der Waals surface area contributed by atoms with Crippen LogP contribution in [0.3, 0.4) is 0 Å². The fourth-order valence-electron chi connectivity index (χ4n) is 4.78. The molecule has 0 spiro atoms. The lowest BCUT2D eigenvalue weighted by Gasteiger charge is -2.27. The molecule has 2 aliphatic rings. The lowest BCUT2D eigenvalue weighted by molar-refractivity contribution is -0.132. The van der Waals surface area contributed by atoms with Gasteiger partial charge in [0.1, 0.15) is 23.0 Å². The maximum atomic E-state index is 12.9. The van der Waals surface area contributed by atoms with Crippen molar-refractivity contribution >= 4 is 17.2 Å². The van der Waals surface area contributed by atoms with E-state index in [1.807, 2.05) is 42.2 Å². The highest BCUT2D eigenvalue weighted by Crippen LogP contribution is 2.37. The third kappa shape index (κ3) is 5.66. The summed E-state index contributed by atoms with van der Waals surface area (Å²) in [6.45, 7) is 3.78. The van der Waals surface area contributed by atoms with Gasteiger partial charge in [-0.05, 0) is 50.7 Å². The van der Waals surface area contributed by atoms with E-state index in [4.69, 9.17) is 9.72 Å². The second kappa shape index (κ2) is 10.1. The molecule has 0 unspecified atom stereocenters. The van der Waals surface area contributed by atoms with Crippen molar-refractivity contribution < 1.29 is 14.6 Å². The van der Waals surface area contributed by atoms with Gasteiger partial charge in [0.25, 0.3) is 0 Å². The molecule has 0 bridgehead atoms. The molecule has 1 aromatic carbocycles. The minimum atomic E-state index is -0.958. The van der Waals surface area contributed by atoms with Crippen molar-refractivity contribution in [3.05, 3.63) is 45.9 Å². The largest absolute Gasteiger partial charge is 0.488 e. The van der Waals surface area contributed by atoms with Crippen LogP contribution < -0.4 is 4.74 Å². The Morgan fingerprint density at radius 2 is 1.94 bits per heavy atom. The molecule has 168 valence electrons. The topological polar surface area (TPSA) is 62.7 Å². The van der Waals surface area contributed by atoms with Gasteiger partial charge in [-0.25, -0.2) is 4.98 Å². The molecule has 1 atom stereocenters. The Hall–Kier alpha value is -1.92. The van der Waals surface area contributed by atoms with Crippen LogP contribution in [-0.4, -0.2) is 34.0 Å². The van der Waals surface area contributed by atoms with E-state index in [-0.39, 0.29) is 5.91 Å². The summed E-state index contributed by atoms with van der Waals surface area (Å²) in [5.41, 5.74) is -0.0425. The smallest absolute Gasteiger partial charge is 0.222 e. The van der Waals surface area contributed by atoms with Gasteiger partial charge in [-0.1, -0.05) is 37.5 Å². The maximum Gasteiger partial charge on any atom is 0.222 e. The van der Waals surface area contributed by atoms with Gasteiger partial charge < -0.3 is 14.7 Å². The van der Waals surface area contributed by atoms with Gasteiger partial charge in [-0.15, -0.1) is 11.3 Å². The van der Waals surface area contributed by atoms with E-state index in [0.717, 1.165) is 34.3 Å². The number of amides is 1. The van der Waals surface area contributed by atoms with Crippen LogP contribution in [0.15, 0.2) is 30.3 Å². The predicted molar refractivity (Wildman–Crippen MR) is 123 cm³/mol. The number of thiazole rings is 1. The highest BCUT2D eigenvalue weighted by atomic mass is 32.1. The Morgan fingerprint density at radius 3 is 2.71 bits per heavy atom. The quantitative estimate of drug-likeness (QED) is 0.668. The zero-order valence-electron chi connectivity index (χ0n) is 18.5. The van der Waals surface area contributed by atoms with E-state index in [9.17, 15) is 9.90 Å². The van der Waals surface area contributed by atoms with Crippen molar-refractivity contribution in [1.82, 2.24) is 9.88 Å². The molecule has 0 radical (unpaired) electrons. The van der Waals surface area contributed by atoms with E-state index in [2.05, 4.69) is 0 Å². The molecule has 2 fully saturated rings. The van der Waals surface area contributed by atoms with Gasteiger partial charge in [0.2, 0.25) is 5.91 Å². The van der Waals surface area contributed by atoms with Crippen molar-refractivity contribution in [3.63, 3.8) is 0 Å². The number of ether oxygens (including phenoxy) is 1. The molecule has 1 saturated heterocycles. The Labute approximate surface area is 189 Å². The van der Waals surface area contributed by atoms with Gasteiger partial charge in [0.15, 0.2) is 0 Å². The van der Waals surface area contributed by atoms with Crippen molar-refractivity contribution in [1.29, 1.82) is 0 Å². The molecule has 2 aromatic rings. The van der Waals surface area contributed by atoms with Crippen molar-refractivity contribution in [3.8, 4) is 5.75 Å². The Morgan fingerprint density at radius 1 is 1.16 bits per heavy atom. The molecular weight excluding hydrogens is 408 g/mol. The number of nitrogens with zero attached hydrogens (tertiary/aromatic N) is 2. The summed E-state index contributed by atoms with van der Waals surface area (Å²) in [7, 11) is 0. The minimum absolute atomic E-state index is 0.267. The van der Waals surface area contributed by atoms with Crippen LogP contribution in [0.25, 0.3) is 0 Å². The summed E-state index contributed by atoms with van der Waals surface area (Å²) < 4.78 is 5.89. The molecule has 1 aliphatic carbocycles. The number of benzene rings is 1. The first-order valence-corrected chi connectivity index (χ1v) is 12.5. The summed E-state index contributed by atoms with van der Waals surface area (Å²) in [4.78, 5) is 20.6. The summed E-state index contributed by atoms with van der Waals surface area (Å²) >= 11 is 1.54. The molecular formula is C25H34N2O3S. The summed E-state index contributed by atoms with van der Waals surface area (Å²) in [5, 5.41) is 12.2. The number of carbonyl (C=O) groups is 1. The number of rotatable bonds is 6. The lowest BCUT2D eigenvalue weighted by Crippen LogP contribution is -2.35. The number of hydrogen-bond donors (Lipinski definition) is 1. The summed E-state index contributed by atoms with van der Waals surface area (Å²) in [5.74, 6) is 1.65. The highest BCUT2D eigenvalue weighted by Gasteiger charge is 2.36. The number of aliphatic hydroxyl groups is 1. The van der Waals surface area contributed by atoms with Crippen LogP contribution in [0.1, 0.15) is 73.4 Å². The van der Waals surface area contributed by atoms with E-state index in [1.165, 1.54) is 32.1 Å². The number of para-hydroxylation sites is 1. The Kier molecular flexibility index (Phi) is 7.28. The average Bonchev–Trinajstić information content (AvgIpc) is 3.04. The van der Waals surface area contributed by atoms with Gasteiger partial charge in [-0.2, -0.15) is 0 Å². The highest BCUT2D eigenvalue weighted by molar-refractivity contribution is 7.11. The van der Waals surface area contributed by atoms with E-state index in [1.54, 1.807) is 11.3 Å². The molecule has 5 nitrogen and oxygen atoms in total. The Balaban J connectivity index is 1.36. The van der Waals surface area contributed by atoms with E-state index in [0.29, 0.717) is 38.3 Å². The van der Waals surface area contributed by atoms with E-state index < -0.39 is 5.60 Å². The molecule has 2 heterocycles. The van der Waals surface area contributed by atoms with Crippen molar-refractivity contribution in [2.24, 2.45) is 5.92 Å². The normalized spacial score (nSPS) is 22.8. The third-order valence-electron chi connectivity index (χ3n) is 6.76. The second-order valence-electron chi connectivity index (χ2n) is 9.10. The number of hydrogen-bond acceptors (Lipinski definition) is 5. The average molecular weight is 443 g/mol. The van der Waals surface area contributed by atoms with Gasteiger partial charge >= 0.3 is 0 Å². The fraction of sp³-hybridized carbons (Fsp3) is 0.600. The molecule has 4 rings (SSSR count). The molecule has 1 saturated carbocycles. The van der Waals surface area contributed by atoms with Gasteiger partial charge in [0.05, 0.1) is 10.6 Å². The van der Waals surface area contributed by atoms with Crippen LogP contribution in [0, 0.1) is 12.8 Å². The summed E-state index contributed by atoms with van der Waals surface area (Å²) in [6, 6.07) is 9.75. The lowest BCUT2D eigenvalue weighted by atomic mass is 9.86. The van der Waals surface area contributed by atoms with Crippen LogP contribution >= 0.6 is 11.3 Å². The first-order chi connectivity index (χ1) is 15.0. The van der Waals surface area contributed by atoms with Crippen molar-refractivity contribution in [2.45, 2.75) is 76.9 Å².